The zero-order valence-electron chi connectivity index (χ0n) is 26.1. The molecule has 0 saturated carbocycles. The molecule has 45 heavy (non-hydrogen) atoms. The van der Waals surface area contributed by atoms with E-state index in [1.807, 2.05) is 22.7 Å². The number of anilines is 3. The molecule has 0 N–H and O–H groups in total. The van der Waals surface area contributed by atoms with Crippen molar-refractivity contribution in [1.82, 2.24) is 0 Å². The first-order chi connectivity index (χ1) is 21.8. The second-order valence-electron chi connectivity index (χ2n) is 14.0. The van der Waals surface area contributed by atoms with Gasteiger partial charge in [0.2, 0.25) is 0 Å². The molecule has 1 aliphatic carbocycles. The van der Waals surface area contributed by atoms with E-state index in [2.05, 4.69) is 148 Å². The van der Waals surface area contributed by atoms with E-state index in [-0.39, 0.29) is 10.8 Å². The molecule has 0 aliphatic heterocycles. The van der Waals surface area contributed by atoms with E-state index in [4.69, 9.17) is 0 Å². The normalized spacial score (nSPS) is 15.7. The number of hydrogen-bond donors (Lipinski definition) is 0. The van der Waals surface area contributed by atoms with Gasteiger partial charge in [0.05, 0.1) is 11.4 Å². The Morgan fingerprint density at radius 1 is 0.489 bits per heavy atom. The van der Waals surface area contributed by atoms with Gasteiger partial charge in [0, 0.05) is 51.4 Å². The molecular weight excluding hydrogens is 583 g/mol. The summed E-state index contributed by atoms with van der Waals surface area (Å²) < 4.78 is 5.39. The summed E-state index contributed by atoms with van der Waals surface area (Å²) in [6.45, 7) is 9.73. The van der Waals surface area contributed by atoms with Crippen molar-refractivity contribution in [2.24, 2.45) is 0 Å². The van der Waals surface area contributed by atoms with Crippen LogP contribution in [0.15, 0.2) is 115 Å². The number of thiophene rings is 2. The standard InChI is InChI=1S/C42H35NS2/c1-41(2)21-22-42(3,4)33-25-39-31(24-32(33)41)40-35(16-10-18-38(40)45-39)43(34-15-9-12-26-11-5-6-13-28(26)34)27-19-20-37-30(23-27)29-14-7-8-17-36(29)44-37/h5-20,23-25H,21-22H2,1-4H3. The van der Waals surface area contributed by atoms with Gasteiger partial charge in [-0.05, 0) is 94.8 Å². The Bertz CT molecular complexity index is 2450. The smallest absolute Gasteiger partial charge is 0.0555 e. The van der Waals surface area contributed by atoms with Gasteiger partial charge in [0.25, 0.3) is 0 Å². The third-order valence-corrected chi connectivity index (χ3v) is 12.6. The minimum absolute atomic E-state index is 0.155. The summed E-state index contributed by atoms with van der Waals surface area (Å²) in [5.74, 6) is 0. The maximum atomic E-state index is 2.56. The maximum Gasteiger partial charge on any atom is 0.0555 e. The minimum Gasteiger partial charge on any atom is -0.309 e. The van der Waals surface area contributed by atoms with E-state index in [0.717, 1.165) is 0 Å². The van der Waals surface area contributed by atoms with Crippen molar-refractivity contribution in [3.05, 3.63) is 126 Å². The summed E-state index contributed by atoms with van der Waals surface area (Å²) in [4.78, 5) is 2.53. The Balaban J connectivity index is 1.38. The predicted octanol–water partition coefficient (Wildman–Crippen LogP) is 13.4. The lowest BCUT2D eigenvalue weighted by Crippen LogP contribution is -2.33. The molecule has 0 fully saturated rings. The molecule has 0 unspecified atom stereocenters. The van der Waals surface area contributed by atoms with Gasteiger partial charge in [-0.15, -0.1) is 22.7 Å². The van der Waals surface area contributed by atoms with Crippen LogP contribution in [-0.4, -0.2) is 0 Å². The van der Waals surface area contributed by atoms with Crippen LogP contribution in [0.5, 0.6) is 0 Å². The molecule has 3 heteroatoms. The summed E-state index contributed by atoms with van der Waals surface area (Å²) in [6, 6.07) is 43.4. The van der Waals surface area contributed by atoms with Crippen LogP contribution in [-0.2, 0) is 10.8 Å². The number of nitrogens with zero attached hydrogens (tertiary/aromatic N) is 1. The second kappa shape index (κ2) is 9.66. The zero-order chi connectivity index (χ0) is 30.5. The molecular formula is C42H35NS2. The quantitative estimate of drug-likeness (QED) is 0.191. The SMILES string of the molecule is CC1(C)CCC(C)(C)c2cc3c(cc21)sc1cccc(N(c2ccc4sc5ccccc5c4c2)c2cccc4ccccc24)c13. The summed E-state index contributed by atoms with van der Waals surface area (Å²) in [7, 11) is 0. The van der Waals surface area contributed by atoms with Crippen molar-refractivity contribution < 1.29 is 0 Å². The van der Waals surface area contributed by atoms with Crippen LogP contribution in [0.2, 0.25) is 0 Å². The number of rotatable bonds is 3. The summed E-state index contributed by atoms with van der Waals surface area (Å²) >= 11 is 3.82. The molecule has 6 aromatic carbocycles. The van der Waals surface area contributed by atoms with Crippen LogP contribution in [0, 0.1) is 0 Å². The highest BCUT2D eigenvalue weighted by atomic mass is 32.1. The van der Waals surface area contributed by atoms with Crippen molar-refractivity contribution in [3.8, 4) is 0 Å². The van der Waals surface area contributed by atoms with Gasteiger partial charge < -0.3 is 4.90 Å². The molecule has 1 nitrogen and oxygen atoms in total. The van der Waals surface area contributed by atoms with Crippen molar-refractivity contribution >= 4 is 90.9 Å². The highest BCUT2D eigenvalue weighted by Gasteiger charge is 2.37. The maximum absolute atomic E-state index is 2.56. The van der Waals surface area contributed by atoms with Gasteiger partial charge in [-0.25, -0.2) is 0 Å². The first-order valence-corrected chi connectivity index (χ1v) is 17.6. The van der Waals surface area contributed by atoms with E-state index < -0.39 is 0 Å². The monoisotopic (exact) mass is 617 g/mol. The van der Waals surface area contributed by atoms with E-state index >= 15 is 0 Å². The Kier molecular flexibility index (Phi) is 5.83. The largest absolute Gasteiger partial charge is 0.309 e. The van der Waals surface area contributed by atoms with Gasteiger partial charge in [-0.1, -0.05) is 88.4 Å². The minimum atomic E-state index is 0.155. The van der Waals surface area contributed by atoms with E-state index in [0.29, 0.717) is 0 Å². The summed E-state index contributed by atoms with van der Waals surface area (Å²) in [5.41, 5.74) is 7.02. The molecule has 9 rings (SSSR count). The molecule has 0 atom stereocenters. The lowest BCUT2D eigenvalue weighted by atomic mass is 9.63. The van der Waals surface area contributed by atoms with Crippen molar-refractivity contribution in [3.63, 3.8) is 0 Å². The fraction of sp³-hybridized carbons (Fsp3) is 0.190. The van der Waals surface area contributed by atoms with Crippen LogP contribution in [0.1, 0.15) is 51.7 Å². The van der Waals surface area contributed by atoms with Crippen LogP contribution in [0.4, 0.5) is 17.1 Å². The molecule has 0 amide bonds. The van der Waals surface area contributed by atoms with Crippen LogP contribution < -0.4 is 4.90 Å². The number of hydrogen-bond acceptors (Lipinski definition) is 3. The van der Waals surface area contributed by atoms with E-state index in [1.54, 1.807) is 0 Å². The van der Waals surface area contributed by atoms with Gasteiger partial charge in [-0.2, -0.15) is 0 Å². The van der Waals surface area contributed by atoms with Crippen molar-refractivity contribution in [2.75, 3.05) is 4.90 Å². The molecule has 0 spiro atoms. The molecule has 2 aromatic heterocycles. The average molecular weight is 618 g/mol. The van der Waals surface area contributed by atoms with E-state index in [9.17, 15) is 0 Å². The molecule has 2 heterocycles. The molecule has 0 bridgehead atoms. The van der Waals surface area contributed by atoms with Crippen molar-refractivity contribution in [1.29, 1.82) is 0 Å². The van der Waals surface area contributed by atoms with Crippen molar-refractivity contribution in [2.45, 2.75) is 51.4 Å². The topological polar surface area (TPSA) is 3.24 Å². The second-order valence-corrected chi connectivity index (χ2v) is 16.2. The molecule has 0 radical (unpaired) electrons. The van der Waals surface area contributed by atoms with Gasteiger partial charge >= 0.3 is 0 Å². The highest BCUT2D eigenvalue weighted by molar-refractivity contribution is 7.26. The number of fused-ring (bicyclic) bond motifs is 8. The Morgan fingerprint density at radius 2 is 1.11 bits per heavy atom. The highest BCUT2D eigenvalue weighted by Crippen LogP contribution is 2.52. The summed E-state index contributed by atoms with van der Waals surface area (Å²) in [6.07, 6.45) is 2.44. The predicted molar refractivity (Wildman–Crippen MR) is 200 cm³/mol. The Labute approximate surface area is 272 Å². The fourth-order valence-electron chi connectivity index (χ4n) is 7.72. The lowest BCUT2D eigenvalue weighted by molar-refractivity contribution is 0.332. The fourth-order valence-corrected chi connectivity index (χ4v) is 9.95. The molecule has 8 aromatic rings. The third kappa shape index (κ3) is 4.10. The van der Waals surface area contributed by atoms with Gasteiger partial charge in [0.1, 0.15) is 0 Å². The van der Waals surface area contributed by atoms with Crippen LogP contribution in [0.3, 0.4) is 0 Å². The Morgan fingerprint density at radius 3 is 1.96 bits per heavy atom. The molecule has 1 aliphatic rings. The first kappa shape index (κ1) is 27.2. The Hall–Kier alpha value is -4.18. The lowest BCUT2D eigenvalue weighted by Gasteiger charge is -2.42. The average Bonchev–Trinajstić information content (AvgIpc) is 3.61. The van der Waals surface area contributed by atoms with Gasteiger partial charge in [-0.3, -0.25) is 0 Å². The van der Waals surface area contributed by atoms with Crippen LogP contribution in [0.25, 0.3) is 51.1 Å². The third-order valence-electron chi connectivity index (χ3n) is 10.3. The van der Waals surface area contributed by atoms with Gasteiger partial charge in [0.15, 0.2) is 0 Å². The van der Waals surface area contributed by atoms with Crippen LogP contribution >= 0.6 is 22.7 Å². The first-order valence-electron chi connectivity index (χ1n) is 16.0. The van der Waals surface area contributed by atoms with E-state index in [1.165, 1.54) is 92.1 Å². The zero-order valence-corrected chi connectivity index (χ0v) is 27.8. The molecule has 220 valence electrons. The molecule has 0 saturated heterocycles. The number of benzene rings is 6. The summed E-state index contributed by atoms with van der Waals surface area (Å²) in [5, 5.41) is 7.88.